The molecule has 18 heavy (non-hydrogen) atoms. The summed E-state index contributed by atoms with van der Waals surface area (Å²) >= 11 is 3.24. The molecule has 1 aromatic carbocycles. The lowest BCUT2D eigenvalue weighted by molar-refractivity contribution is 0.303. The van der Waals surface area contributed by atoms with Crippen molar-refractivity contribution in [3.05, 3.63) is 34.2 Å². The van der Waals surface area contributed by atoms with Crippen molar-refractivity contribution in [3.8, 4) is 0 Å². The van der Waals surface area contributed by atoms with Crippen LogP contribution in [0.1, 0.15) is 73.9 Å². The third kappa shape index (κ3) is 4.12. The highest BCUT2D eigenvalue weighted by Crippen LogP contribution is 2.37. The minimum atomic E-state index is 0.169. The topological polar surface area (TPSA) is 0 Å². The molecule has 1 heteroatoms. The number of benzene rings is 1. The minimum absolute atomic E-state index is 0.169. The maximum absolute atomic E-state index is 8.15. The van der Waals surface area contributed by atoms with E-state index < -0.39 is 0 Å². The van der Waals surface area contributed by atoms with Crippen molar-refractivity contribution in [1.29, 1.82) is 0 Å². The monoisotopic (exact) mass is 311 g/mol. The largest absolute Gasteiger partial charge is 0.0654 e. The first-order chi connectivity index (χ1) is 10.0. The summed E-state index contributed by atoms with van der Waals surface area (Å²) in [6.07, 6.45) is 10.0. The Hall–Kier alpha value is -0.300. The summed E-state index contributed by atoms with van der Waals surface area (Å²) in [5.74, 6) is 1.23. The van der Waals surface area contributed by atoms with Crippen molar-refractivity contribution in [1.82, 2.24) is 0 Å². The first kappa shape index (κ1) is 10.5. The molecule has 0 radical (unpaired) electrons. The lowest BCUT2D eigenvalue weighted by Gasteiger charge is -2.28. The summed E-state index contributed by atoms with van der Waals surface area (Å²) in [7, 11) is 0. The SMILES string of the molecule is [2H]c1cc(C2CCC(CCCCC)CC2)c([2H])c([2H])c1Br. The van der Waals surface area contributed by atoms with Crippen LogP contribution in [-0.2, 0) is 0 Å². The van der Waals surface area contributed by atoms with Crippen LogP contribution in [0, 0.1) is 5.92 Å². The van der Waals surface area contributed by atoms with E-state index in [9.17, 15) is 0 Å². The first-order valence-electron chi connectivity index (χ1n) is 8.80. The fraction of sp³-hybridized carbons (Fsp3) is 0.647. The lowest BCUT2D eigenvalue weighted by Crippen LogP contribution is -2.13. The zero-order valence-corrected chi connectivity index (χ0v) is 12.9. The summed E-state index contributed by atoms with van der Waals surface area (Å²) in [5, 5.41) is 0. The van der Waals surface area contributed by atoms with E-state index in [4.69, 9.17) is 4.11 Å². The van der Waals surface area contributed by atoms with E-state index in [1.54, 1.807) is 6.07 Å². The fourth-order valence-electron chi connectivity index (χ4n) is 3.01. The molecule has 1 aliphatic rings. The lowest BCUT2D eigenvalue weighted by atomic mass is 9.77. The maximum atomic E-state index is 8.15. The van der Waals surface area contributed by atoms with Gasteiger partial charge in [-0.3, -0.25) is 0 Å². The molecule has 0 spiro atoms. The molecule has 0 N–H and O–H groups in total. The highest BCUT2D eigenvalue weighted by molar-refractivity contribution is 9.10. The smallest absolute Gasteiger partial charge is 0.0635 e. The Morgan fingerprint density at radius 1 is 1.17 bits per heavy atom. The van der Waals surface area contributed by atoms with Gasteiger partial charge in [-0.1, -0.05) is 60.6 Å². The third-order valence-corrected chi connectivity index (χ3v) is 4.60. The molecule has 0 aromatic heterocycles. The molecule has 1 saturated carbocycles. The Balaban J connectivity index is 1.99. The molecular weight excluding hydrogens is 284 g/mol. The zero-order chi connectivity index (χ0) is 15.4. The highest BCUT2D eigenvalue weighted by atomic mass is 79.9. The molecular formula is C17H25Br. The van der Waals surface area contributed by atoms with Crippen molar-refractivity contribution < 1.29 is 4.11 Å². The molecule has 0 heterocycles. The average Bonchev–Trinajstić information content (AvgIpc) is 2.50. The Morgan fingerprint density at radius 2 is 1.94 bits per heavy atom. The molecule has 1 aliphatic carbocycles. The number of rotatable bonds is 5. The Kier molecular flexibility index (Phi) is 4.27. The third-order valence-electron chi connectivity index (χ3n) is 4.17. The van der Waals surface area contributed by atoms with Gasteiger partial charge in [0.25, 0.3) is 0 Å². The van der Waals surface area contributed by atoms with Crippen LogP contribution in [0.4, 0.5) is 0 Å². The van der Waals surface area contributed by atoms with Gasteiger partial charge in [-0.25, -0.2) is 0 Å². The maximum Gasteiger partial charge on any atom is 0.0635 e. The van der Waals surface area contributed by atoms with Gasteiger partial charge < -0.3 is 0 Å². The van der Waals surface area contributed by atoms with Crippen LogP contribution in [0.5, 0.6) is 0 Å². The van der Waals surface area contributed by atoms with E-state index >= 15 is 0 Å². The van der Waals surface area contributed by atoms with Gasteiger partial charge in [0.15, 0.2) is 0 Å². The van der Waals surface area contributed by atoms with Crippen molar-refractivity contribution in [2.75, 3.05) is 0 Å². The number of halogens is 1. The van der Waals surface area contributed by atoms with Gasteiger partial charge in [0, 0.05) is 4.47 Å². The normalized spacial score (nSPS) is 26.4. The van der Waals surface area contributed by atoms with Crippen LogP contribution >= 0.6 is 15.9 Å². The molecule has 0 nitrogen and oxygen atoms in total. The second kappa shape index (κ2) is 7.33. The molecule has 2 rings (SSSR count). The van der Waals surface area contributed by atoms with Gasteiger partial charge in [0.05, 0.1) is 4.11 Å². The molecule has 0 unspecified atom stereocenters. The van der Waals surface area contributed by atoms with Gasteiger partial charge >= 0.3 is 0 Å². The van der Waals surface area contributed by atoms with E-state index in [1.807, 2.05) is 0 Å². The summed E-state index contributed by atoms with van der Waals surface area (Å²) in [6.45, 7) is 2.25. The van der Waals surface area contributed by atoms with E-state index in [0.29, 0.717) is 22.5 Å². The van der Waals surface area contributed by atoms with Gasteiger partial charge in [0.2, 0.25) is 0 Å². The Bertz CT molecular complexity index is 479. The summed E-state index contributed by atoms with van der Waals surface area (Å²) < 4.78 is 24.5. The van der Waals surface area contributed by atoms with Gasteiger partial charge in [-0.15, -0.1) is 0 Å². The minimum Gasteiger partial charge on any atom is -0.0654 e. The molecule has 0 saturated heterocycles. The summed E-state index contributed by atoms with van der Waals surface area (Å²) in [6, 6.07) is 2.62. The van der Waals surface area contributed by atoms with Gasteiger partial charge in [-0.2, -0.15) is 0 Å². The van der Waals surface area contributed by atoms with Crippen molar-refractivity contribution >= 4 is 15.9 Å². The number of hydrogen-bond acceptors (Lipinski definition) is 0. The standard InChI is InChI=1S/C17H25Br/c1-2-3-4-5-14-6-8-15(9-7-14)16-10-12-17(18)13-11-16/h10-15H,2-9H2,1H3/i10D,12D,13D. The van der Waals surface area contributed by atoms with Crippen molar-refractivity contribution in [2.45, 2.75) is 64.2 Å². The van der Waals surface area contributed by atoms with E-state index in [0.717, 1.165) is 24.3 Å². The van der Waals surface area contributed by atoms with Crippen molar-refractivity contribution in [2.24, 2.45) is 5.92 Å². The molecule has 0 aliphatic heterocycles. The second-order valence-corrected chi connectivity index (χ2v) is 6.31. The number of unbranched alkanes of at least 4 members (excludes halogenated alkanes) is 2. The molecule has 0 amide bonds. The van der Waals surface area contributed by atoms with E-state index in [2.05, 4.69) is 22.9 Å². The highest BCUT2D eigenvalue weighted by Gasteiger charge is 2.21. The van der Waals surface area contributed by atoms with Crippen LogP contribution in [-0.4, -0.2) is 0 Å². The predicted molar refractivity (Wildman–Crippen MR) is 83.0 cm³/mol. The van der Waals surface area contributed by atoms with E-state index in [1.165, 1.54) is 38.5 Å². The fourth-order valence-corrected chi connectivity index (χ4v) is 3.22. The Labute approximate surface area is 125 Å². The van der Waals surface area contributed by atoms with Gasteiger partial charge in [0.1, 0.15) is 0 Å². The van der Waals surface area contributed by atoms with Crippen LogP contribution < -0.4 is 0 Å². The van der Waals surface area contributed by atoms with Gasteiger partial charge in [-0.05, 0) is 55.2 Å². The molecule has 0 atom stereocenters. The second-order valence-electron chi connectivity index (χ2n) is 5.52. The van der Waals surface area contributed by atoms with Crippen LogP contribution in [0.3, 0.4) is 0 Å². The zero-order valence-electron chi connectivity index (χ0n) is 14.3. The molecule has 1 fully saturated rings. The van der Waals surface area contributed by atoms with Crippen LogP contribution in [0.2, 0.25) is 0 Å². The summed E-state index contributed by atoms with van der Waals surface area (Å²) in [5.41, 5.74) is 0.917. The number of hydrogen-bond donors (Lipinski definition) is 0. The first-order valence-corrected chi connectivity index (χ1v) is 8.10. The van der Waals surface area contributed by atoms with Crippen molar-refractivity contribution in [3.63, 3.8) is 0 Å². The molecule has 1 aromatic rings. The quantitative estimate of drug-likeness (QED) is 0.559. The van der Waals surface area contributed by atoms with E-state index in [-0.39, 0.29) is 6.04 Å². The van der Waals surface area contributed by atoms with Crippen LogP contribution in [0.25, 0.3) is 0 Å². The predicted octanol–water partition coefficient (Wildman–Crippen LogP) is 6.30. The summed E-state index contributed by atoms with van der Waals surface area (Å²) in [4.78, 5) is 0. The molecule has 0 bridgehead atoms. The molecule has 100 valence electrons. The Morgan fingerprint density at radius 3 is 2.67 bits per heavy atom. The van der Waals surface area contributed by atoms with Crippen LogP contribution in [0.15, 0.2) is 28.7 Å². The average molecular weight is 312 g/mol.